The Hall–Kier alpha value is -1.06. The van der Waals surface area contributed by atoms with Gasteiger partial charge in [-0.1, -0.05) is 38.8 Å². The van der Waals surface area contributed by atoms with Crippen molar-refractivity contribution in [2.24, 2.45) is 5.92 Å². The van der Waals surface area contributed by atoms with Crippen molar-refractivity contribution >= 4 is 5.69 Å². The zero-order valence-corrected chi connectivity index (χ0v) is 17.6. The normalized spacial score (nSPS) is 21.3. The number of benzene rings is 1. The lowest BCUT2D eigenvalue weighted by molar-refractivity contribution is 0.112. The van der Waals surface area contributed by atoms with Gasteiger partial charge in [-0.3, -0.25) is 0 Å². The van der Waals surface area contributed by atoms with Crippen LogP contribution in [0.4, 0.5) is 5.69 Å². The summed E-state index contributed by atoms with van der Waals surface area (Å²) in [6.45, 7) is 9.50. The molecule has 1 fully saturated rings. The molecular formula is C23H41N3. The van der Waals surface area contributed by atoms with E-state index in [0.29, 0.717) is 0 Å². The molecule has 1 aromatic rings. The molecular weight excluding hydrogens is 318 g/mol. The average molecular weight is 360 g/mol. The molecule has 1 heterocycles. The summed E-state index contributed by atoms with van der Waals surface area (Å²) in [6, 6.07) is 9.67. The Labute approximate surface area is 162 Å². The Kier molecular flexibility index (Phi) is 9.49. The van der Waals surface area contributed by atoms with Gasteiger partial charge in [-0.25, -0.2) is 0 Å². The maximum absolute atomic E-state index is 3.59. The molecule has 0 aliphatic carbocycles. The van der Waals surface area contributed by atoms with Gasteiger partial charge in [0.25, 0.3) is 0 Å². The molecule has 0 amide bonds. The van der Waals surface area contributed by atoms with Crippen LogP contribution in [0, 0.1) is 5.92 Å². The zero-order valence-electron chi connectivity index (χ0n) is 17.6. The van der Waals surface area contributed by atoms with Crippen LogP contribution in [-0.2, 0) is 6.54 Å². The molecule has 0 saturated carbocycles. The van der Waals surface area contributed by atoms with Crippen molar-refractivity contribution in [1.82, 2.24) is 9.80 Å². The van der Waals surface area contributed by atoms with Crippen molar-refractivity contribution < 1.29 is 0 Å². The summed E-state index contributed by atoms with van der Waals surface area (Å²) < 4.78 is 0. The second-order valence-corrected chi connectivity index (χ2v) is 8.51. The summed E-state index contributed by atoms with van der Waals surface area (Å²) >= 11 is 0. The molecule has 0 radical (unpaired) electrons. The Morgan fingerprint density at radius 3 is 2.73 bits per heavy atom. The molecule has 2 atom stereocenters. The minimum absolute atomic E-state index is 0.842. The molecule has 2 unspecified atom stereocenters. The van der Waals surface area contributed by atoms with E-state index in [1.54, 1.807) is 0 Å². The number of unbranched alkanes of at least 4 members (excludes halogenated alkanes) is 3. The minimum Gasteiger partial charge on any atom is -0.385 e. The average Bonchev–Trinajstić information content (AvgIpc) is 2.61. The van der Waals surface area contributed by atoms with Crippen LogP contribution in [0.5, 0.6) is 0 Å². The SMILES string of the molecule is CCC1CC(C)CCN1CCCCCCNc1cccc(CN(C)C)c1. The molecule has 1 aliphatic heterocycles. The summed E-state index contributed by atoms with van der Waals surface area (Å²) in [7, 11) is 4.24. The first-order valence-corrected chi connectivity index (χ1v) is 10.8. The van der Waals surface area contributed by atoms with Gasteiger partial charge < -0.3 is 15.1 Å². The van der Waals surface area contributed by atoms with Crippen LogP contribution in [0.1, 0.15) is 64.4 Å². The molecule has 1 N–H and O–H groups in total. The van der Waals surface area contributed by atoms with E-state index >= 15 is 0 Å². The maximum atomic E-state index is 3.59. The molecule has 2 rings (SSSR count). The van der Waals surface area contributed by atoms with Gasteiger partial charge in [0.05, 0.1) is 0 Å². The molecule has 1 aromatic carbocycles. The molecule has 0 bridgehead atoms. The van der Waals surface area contributed by atoms with Crippen molar-refractivity contribution in [3.05, 3.63) is 29.8 Å². The highest BCUT2D eigenvalue weighted by molar-refractivity contribution is 5.45. The third-order valence-corrected chi connectivity index (χ3v) is 5.70. The fourth-order valence-corrected chi connectivity index (χ4v) is 4.19. The number of anilines is 1. The Bertz CT molecular complexity index is 500. The van der Waals surface area contributed by atoms with Gasteiger partial charge in [0.1, 0.15) is 0 Å². The third-order valence-electron chi connectivity index (χ3n) is 5.70. The van der Waals surface area contributed by atoms with Gasteiger partial charge >= 0.3 is 0 Å². The number of nitrogens with one attached hydrogen (secondary N) is 1. The molecule has 0 aromatic heterocycles. The fourth-order valence-electron chi connectivity index (χ4n) is 4.19. The van der Waals surface area contributed by atoms with Crippen LogP contribution in [0.15, 0.2) is 24.3 Å². The van der Waals surface area contributed by atoms with Crippen LogP contribution in [-0.4, -0.2) is 49.6 Å². The molecule has 3 nitrogen and oxygen atoms in total. The van der Waals surface area contributed by atoms with Crippen molar-refractivity contribution in [2.75, 3.05) is 39.0 Å². The molecule has 3 heteroatoms. The second-order valence-electron chi connectivity index (χ2n) is 8.51. The van der Waals surface area contributed by atoms with E-state index < -0.39 is 0 Å². The number of hydrogen-bond acceptors (Lipinski definition) is 3. The van der Waals surface area contributed by atoms with E-state index in [1.807, 2.05) is 0 Å². The highest BCUT2D eigenvalue weighted by atomic mass is 15.2. The van der Waals surface area contributed by atoms with Gasteiger partial charge in [-0.15, -0.1) is 0 Å². The predicted octanol–water partition coefficient (Wildman–Crippen LogP) is 5.23. The van der Waals surface area contributed by atoms with E-state index in [9.17, 15) is 0 Å². The lowest BCUT2D eigenvalue weighted by Crippen LogP contribution is -2.42. The zero-order chi connectivity index (χ0) is 18.8. The Balaban J connectivity index is 1.55. The smallest absolute Gasteiger partial charge is 0.0343 e. The molecule has 1 aliphatic rings. The van der Waals surface area contributed by atoms with Crippen LogP contribution in [0.2, 0.25) is 0 Å². The van der Waals surface area contributed by atoms with E-state index in [0.717, 1.165) is 25.0 Å². The number of likely N-dealkylation sites (tertiary alicyclic amines) is 1. The van der Waals surface area contributed by atoms with E-state index in [-0.39, 0.29) is 0 Å². The number of rotatable bonds is 11. The Morgan fingerprint density at radius 1 is 1.15 bits per heavy atom. The second kappa shape index (κ2) is 11.6. The van der Waals surface area contributed by atoms with Crippen molar-refractivity contribution in [3.8, 4) is 0 Å². The van der Waals surface area contributed by atoms with Gasteiger partial charge in [-0.05, 0) is 82.9 Å². The fraction of sp³-hybridized carbons (Fsp3) is 0.739. The van der Waals surface area contributed by atoms with Gasteiger partial charge in [-0.2, -0.15) is 0 Å². The topological polar surface area (TPSA) is 18.5 Å². The van der Waals surface area contributed by atoms with E-state index in [4.69, 9.17) is 0 Å². The summed E-state index contributed by atoms with van der Waals surface area (Å²) in [5, 5.41) is 3.59. The summed E-state index contributed by atoms with van der Waals surface area (Å²) in [5.74, 6) is 0.929. The van der Waals surface area contributed by atoms with Crippen LogP contribution in [0.3, 0.4) is 0 Å². The van der Waals surface area contributed by atoms with Crippen LogP contribution < -0.4 is 5.32 Å². The Morgan fingerprint density at radius 2 is 1.96 bits per heavy atom. The minimum atomic E-state index is 0.842. The van der Waals surface area contributed by atoms with Crippen molar-refractivity contribution in [1.29, 1.82) is 0 Å². The lowest BCUT2D eigenvalue weighted by Gasteiger charge is -2.38. The third kappa shape index (κ3) is 7.67. The van der Waals surface area contributed by atoms with Crippen LogP contribution in [0.25, 0.3) is 0 Å². The number of piperidine rings is 1. The van der Waals surface area contributed by atoms with E-state index in [1.165, 1.54) is 69.3 Å². The lowest BCUT2D eigenvalue weighted by atomic mass is 9.91. The standard InChI is InChI=1S/C23H41N3/c1-5-23-17-20(2)13-16-26(23)15-9-7-6-8-14-24-22-12-10-11-21(18-22)19-25(3)4/h10-12,18,20,23-24H,5-9,13-17,19H2,1-4H3. The molecule has 26 heavy (non-hydrogen) atoms. The highest BCUT2D eigenvalue weighted by Crippen LogP contribution is 2.24. The monoisotopic (exact) mass is 359 g/mol. The van der Waals surface area contributed by atoms with Gasteiger partial charge in [0, 0.05) is 24.8 Å². The first kappa shape index (κ1) is 21.2. The van der Waals surface area contributed by atoms with Crippen molar-refractivity contribution in [2.45, 2.75) is 71.4 Å². The summed E-state index contributed by atoms with van der Waals surface area (Å²) in [4.78, 5) is 4.97. The van der Waals surface area contributed by atoms with Crippen molar-refractivity contribution in [3.63, 3.8) is 0 Å². The molecule has 1 saturated heterocycles. The first-order valence-electron chi connectivity index (χ1n) is 10.8. The summed E-state index contributed by atoms with van der Waals surface area (Å²) in [5.41, 5.74) is 2.64. The van der Waals surface area contributed by atoms with E-state index in [2.05, 4.69) is 67.3 Å². The maximum Gasteiger partial charge on any atom is 0.0343 e. The highest BCUT2D eigenvalue weighted by Gasteiger charge is 2.24. The summed E-state index contributed by atoms with van der Waals surface area (Å²) in [6.07, 6.45) is 9.47. The number of nitrogens with zero attached hydrogens (tertiary/aromatic N) is 2. The predicted molar refractivity (Wildman–Crippen MR) is 115 cm³/mol. The first-order chi connectivity index (χ1) is 12.6. The number of hydrogen-bond donors (Lipinski definition) is 1. The largest absolute Gasteiger partial charge is 0.385 e. The van der Waals surface area contributed by atoms with Gasteiger partial charge in [0.2, 0.25) is 0 Å². The molecule has 0 spiro atoms. The molecule has 148 valence electrons. The van der Waals surface area contributed by atoms with Crippen LogP contribution >= 0.6 is 0 Å². The van der Waals surface area contributed by atoms with Gasteiger partial charge in [0.15, 0.2) is 0 Å². The quantitative estimate of drug-likeness (QED) is 0.546.